The first-order valence-corrected chi connectivity index (χ1v) is 6.59. The molecule has 0 spiro atoms. The van der Waals surface area contributed by atoms with E-state index in [1.165, 1.54) is 0 Å². The third kappa shape index (κ3) is 2.71. The normalized spacial score (nSPS) is 27.8. The Kier molecular flexibility index (Phi) is 4.34. The van der Waals surface area contributed by atoms with E-state index in [4.69, 9.17) is 4.74 Å². The van der Waals surface area contributed by atoms with Crippen molar-refractivity contribution in [1.29, 1.82) is 0 Å². The smallest absolute Gasteiger partial charge is 0.309 e. The van der Waals surface area contributed by atoms with E-state index in [0.29, 0.717) is 13.0 Å². The van der Waals surface area contributed by atoms with Crippen LogP contribution in [0.25, 0.3) is 0 Å². The maximum atomic E-state index is 14.2. The summed E-state index contributed by atoms with van der Waals surface area (Å²) in [6, 6.07) is 9.47. The summed E-state index contributed by atoms with van der Waals surface area (Å²) < 4.78 is 19.3. The van der Waals surface area contributed by atoms with Crippen LogP contribution >= 0.6 is 0 Å². The molecule has 18 heavy (non-hydrogen) atoms. The number of alkyl halides is 1. The quantitative estimate of drug-likeness (QED) is 0.768. The molecular formula is C15H19FO2. The Morgan fingerprint density at radius 1 is 1.33 bits per heavy atom. The number of halogens is 1. The third-order valence-electron chi connectivity index (χ3n) is 3.59. The average molecular weight is 250 g/mol. The molecule has 1 fully saturated rings. The molecule has 0 unspecified atom stereocenters. The van der Waals surface area contributed by atoms with E-state index in [-0.39, 0.29) is 17.8 Å². The monoisotopic (exact) mass is 250 g/mol. The van der Waals surface area contributed by atoms with E-state index in [9.17, 15) is 9.18 Å². The standard InChI is InChI=1S/C15H19FO2/c1-2-18-15(17)12-9-6-10-13(16)14(12)11-7-4-3-5-8-11/h3-5,7-8,12-14H,2,6,9-10H2,1H3/t12-,13+,14+/m0/s1. The SMILES string of the molecule is CCOC(=O)[C@H]1CCC[C@@H](F)[C@@H]1c1ccccc1. The second-order valence-corrected chi connectivity index (χ2v) is 4.74. The van der Waals surface area contributed by atoms with Gasteiger partial charge in [-0.1, -0.05) is 30.3 Å². The molecule has 2 rings (SSSR count). The number of hydrogen-bond acceptors (Lipinski definition) is 2. The van der Waals surface area contributed by atoms with Crippen molar-refractivity contribution in [2.24, 2.45) is 5.92 Å². The van der Waals surface area contributed by atoms with Crippen molar-refractivity contribution in [2.45, 2.75) is 38.3 Å². The van der Waals surface area contributed by atoms with E-state index in [2.05, 4.69) is 0 Å². The zero-order valence-corrected chi connectivity index (χ0v) is 10.6. The fourth-order valence-corrected chi connectivity index (χ4v) is 2.77. The lowest BCUT2D eigenvalue weighted by Gasteiger charge is -2.33. The van der Waals surface area contributed by atoms with Crippen molar-refractivity contribution >= 4 is 5.97 Å². The maximum Gasteiger partial charge on any atom is 0.309 e. The Morgan fingerprint density at radius 2 is 2.06 bits per heavy atom. The number of benzene rings is 1. The lowest BCUT2D eigenvalue weighted by atomic mass is 9.74. The molecule has 0 saturated heterocycles. The zero-order valence-electron chi connectivity index (χ0n) is 10.6. The average Bonchev–Trinajstić information content (AvgIpc) is 2.39. The van der Waals surface area contributed by atoms with Crippen LogP contribution in [0.3, 0.4) is 0 Å². The molecule has 0 amide bonds. The largest absolute Gasteiger partial charge is 0.466 e. The summed E-state index contributed by atoms with van der Waals surface area (Å²) in [6.45, 7) is 2.14. The summed E-state index contributed by atoms with van der Waals surface area (Å²) in [5, 5.41) is 0. The van der Waals surface area contributed by atoms with E-state index in [1.807, 2.05) is 30.3 Å². The highest BCUT2D eigenvalue weighted by Crippen LogP contribution is 2.40. The Balaban J connectivity index is 2.23. The highest BCUT2D eigenvalue weighted by molar-refractivity contribution is 5.74. The van der Waals surface area contributed by atoms with Crippen LogP contribution in [0.5, 0.6) is 0 Å². The van der Waals surface area contributed by atoms with Gasteiger partial charge in [-0.3, -0.25) is 4.79 Å². The summed E-state index contributed by atoms with van der Waals surface area (Å²) >= 11 is 0. The molecule has 0 N–H and O–H groups in total. The predicted octanol–water partition coefficient (Wildman–Crippen LogP) is 3.47. The predicted molar refractivity (Wildman–Crippen MR) is 68.1 cm³/mol. The topological polar surface area (TPSA) is 26.3 Å². The minimum Gasteiger partial charge on any atom is -0.466 e. The minimum atomic E-state index is -0.949. The summed E-state index contributed by atoms with van der Waals surface area (Å²) in [5.41, 5.74) is 0.905. The number of esters is 1. The number of hydrogen-bond donors (Lipinski definition) is 0. The van der Waals surface area contributed by atoms with Crippen molar-refractivity contribution in [2.75, 3.05) is 6.61 Å². The van der Waals surface area contributed by atoms with E-state index >= 15 is 0 Å². The first kappa shape index (κ1) is 13.1. The van der Waals surface area contributed by atoms with Gasteiger partial charge in [0.15, 0.2) is 0 Å². The fraction of sp³-hybridized carbons (Fsp3) is 0.533. The van der Waals surface area contributed by atoms with Crippen molar-refractivity contribution in [1.82, 2.24) is 0 Å². The van der Waals surface area contributed by atoms with Gasteiger partial charge in [-0.25, -0.2) is 4.39 Å². The fourth-order valence-electron chi connectivity index (χ4n) is 2.77. The molecule has 0 radical (unpaired) electrons. The molecule has 3 atom stereocenters. The molecule has 1 aromatic rings. The van der Waals surface area contributed by atoms with Gasteiger partial charge in [-0.15, -0.1) is 0 Å². The minimum absolute atomic E-state index is 0.256. The van der Waals surface area contributed by atoms with Crippen molar-refractivity contribution in [3.8, 4) is 0 Å². The van der Waals surface area contributed by atoms with Gasteiger partial charge in [0.05, 0.1) is 12.5 Å². The summed E-state index contributed by atoms with van der Waals surface area (Å²) in [5.74, 6) is -0.941. The zero-order chi connectivity index (χ0) is 13.0. The van der Waals surface area contributed by atoms with E-state index < -0.39 is 6.17 Å². The van der Waals surface area contributed by atoms with Crippen LogP contribution in [-0.4, -0.2) is 18.7 Å². The summed E-state index contributed by atoms with van der Waals surface area (Å²) in [7, 11) is 0. The molecule has 1 aliphatic rings. The van der Waals surface area contributed by atoms with Crippen molar-refractivity contribution < 1.29 is 13.9 Å². The molecule has 98 valence electrons. The van der Waals surface area contributed by atoms with Crippen LogP contribution in [0.15, 0.2) is 30.3 Å². The molecule has 1 aromatic carbocycles. The maximum absolute atomic E-state index is 14.2. The number of carbonyl (C=O) groups is 1. The molecule has 0 aromatic heterocycles. The Bertz CT molecular complexity index is 391. The van der Waals surface area contributed by atoms with Gasteiger partial charge in [-0.05, 0) is 31.7 Å². The van der Waals surface area contributed by atoms with Gasteiger partial charge in [0, 0.05) is 5.92 Å². The number of rotatable bonds is 3. The molecule has 1 saturated carbocycles. The first-order valence-electron chi connectivity index (χ1n) is 6.59. The molecule has 0 heterocycles. The van der Waals surface area contributed by atoms with Gasteiger partial charge < -0.3 is 4.74 Å². The number of ether oxygens (including phenoxy) is 1. The highest BCUT2D eigenvalue weighted by atomic mass is 19.1. The summed E-state index contributed by atoms with van der Waals surface area (Å²) in [6.07, 6.45) is 1.07. The van der Waals surface area contributed by atoms with Crippen LogP contribution in [0.4, 0.5) is 4.39 Å². The second kappa shape index (κ2) is 5.98. The molecular weight excluding hydrogens is 231 g/mol. The van der Waals surface area contributed by atoms with Gasteiger partial charge in [0.25, 0.3) is 0 Å². The molecule has 3 heteroatoms. The van der Waals surface area contributed by atoms with Gasteiger partial charge >= 0.3 is 5.97 Å². The highest BCUT2D eigenvalue weighted by Gasteiger charge is 2.39. The second-order valence-electron chi connectivity index (χ2n) is 4.74. The van der Waals surface area contributed by atoms with Crippen LogP contribution in [0.1, 0.15) is 37.7 Å². The Labute approximate surface area is 107 Å². The van der Waals surface area contributed by atoms with Gasteiger partial charge in [-0.2, -0.15) is 0 Å². The molecule has 0 aliphatic heterocycles. The molecule has 2 nitrogen and oxygen atoms in total. The van der Waals surface area contributed by atoms with Crippen LogP contribution in [-0.2, 0) is 9.53 Å². The molecule has 1 aliphatic carbocycles. The van der Waals surface area contributed by atoms with Crippen molar-refractivity contribution in [3.63, 3.8) is 0 Å². The van der Waals surface area contributed by atoms with Crippen LogP contribution in [0, 0.1) is 5.92 Å². The van der Waals surface area contributed by atoms with E-state index in [0.717, 1.165) is 18.4 Å². The van der Waals surface area contributed by atoms with E-state index in [1.54, 1.807) is 6.92 Å². The Hall–Kier alpha value is -1.38. The Morgan fingerprint density at radius 3 is 2.72 bits per heavy atom. The van der Waals surface area contributed by atoms with Gasteiger partial charge in [0.1, 0.15) is 6.17 Å². The molecule has 0 bridgehead atoms. The van der Waals surface area contributed by atoms with Gasteiger partial charge in [0.2, 0.25) is 0 Å². The van der Waals surface area contributed by atoms with Crippen molar-refractivity contribution in [3.05, 3.63) is 35.9 Å². The number of carbonyl (C=O) groups excluding carboxylic acids is 1. The lowest BCUT2D eigenvalue weighted by Crippen LogP contribution is -2.34. The lowest BCUT2D eigenvalue weighted by molar-refractivity contribution is -0.150. The summed E-state index contributed by atoms with van der Waals surface area (Å²) in [4.78, 5) is 11.9. The van der Waals surface area contributed by atoms with Crippen LogP contribution < -0.4 is 0 Å². The first-order chi connectivity index (χ1) is 8.74. The van der Waals surface area contributed by atoms with Crippen LogP contribution in [0.2, 0.25) is 0 Å². The third-order valence-corrected chi connectivity index (χ3v) is 3.59.